The number of nitrogens with zero attached hydrogens (tertiary/aromatic N) is 1. The summed E-state index contributed by atoms with van der Waals surface area (Å²) in [6, 6.07) is 10.8. The molecule has 0 aliphatic rings. The molecule has 0 saturated carbocycles. The summed E-state index contributed by atoms with van der Waals surface area (Å²) in [5, 5.41) is 0. The number of nitrogens with two attached hydrogens (primary N) is 1. The van der Waals surface area contributed by atoms with Crippen LogP contribution in [0.2, 0.25) is 0 Å². The van der Waals surface area contributed by atoms with E-state index in [1.54, 1.807) is 0 Å². The van der Waals surface area contributed by atoms with E-state index >= 15 is 0 Å². The number of benzene rings is 1. The van der Waals surface area contributed by atoms with Gasteiger partial charge in [-0.15, -0.1) is 13.2 Å². The third-order valence-electron chi connectivity index (χ3n) is 4.49. The Hall–Kier alpha value is -1.38. The first kappa shape index (κ1) is 18.7. The van der Waals surface area contributed by atoms with Gasteiger partial charge in [-0.05, 0) is 18.4 Å². The molecule has 0 heterocycles. The summed E-state index contributed by atoms with van der Waals surface area (Å²) >= 11 is 0. The third-order valence-corrected chi connectivity index (χ3v) is 4.49. The molecule has 0 aliphatic heterocycles. The van der Waals surface area contributed by atoms with Crippen LogP contribution in [0.25, 0.3) is 0 Å². The lowest BCUT2D eigenvalue weighted by molar-refractivity contribution is 0.128. The van der Waals surface area contributed by atoms with Crippen molar-refractivity contribution in [1.29, 1.82) is 0 Å². The van der Waals surface area contributed by atoms with Crippen LogP contribution < -0.4 is 5.73 Å². The van der Waals surface area contributed by atoms with Gasteiger partial charge in [0.05, 0.1) is 5.54 Å². The van der Waals surface area contributed by atoms with Gasteiger partial charge in [0.1, 0.15) is 0 Å². The van der Waals surface area contributed by atoms with Crippen LogP contribution in [-0.4, -0.2) is 24.0 Å². The number of hydrogen-bond donors (Lipinski definition) is 1. The Morgan fingerprint density at radius 1 is 1.14 bits per heavy atom. The molecule has 1 rings (SSSR count). The van der Waals surface area contributed by atoms with Crippen LogP contribution in [-0.2, 0) is 5.54 Å². The van der Waals surface area contributed by atoms with Gasteiger partial charge in [0.25, 0.3) is 0 Å². The van der Waals surface area contributed by atoms with Crippen molar-refractivity contribution in [2.45, 2.75) is 51.1 Å². The molecule has 0 spiro atoms. The molecule has 0 saturated heterocycles. The van der Waals surface area contributed by atoms with Gasteiger partial charge in [0.15, 0.2) is 0 Å². The minimum absolute atomic E-state index is 0.288. The monoisotopic (exact) mass is 300 g/mol. The van der Waals surface area contributed by atoms with Crippen LogP contribution in [0.4, 0.5) is 0 Å². The third kappa shape index (κ3) is 4.56. The first-order valence-corrected chi connectivity index (χ1v) is 8.44. The molecule has 122 valence electrons. The van der Waals surface area contributed by atoms with Crippen molar-refractivity contribution < 1.29 is 0 Å². The minimum Gasteiger partial charge on any atom is -0.320 e. The smallest absolute Gasteiger partial charge is 0.0564 e. The molecule has 0 aromatic heterocycles. The van der Waals surface area contributed by atoms with Crippen molar-refractivity contribution in [3.8, 4) is 0 Å². The Bertz CT molecular complexity index is 430. The first-order valence-electron chi connectivity index (χ1n) is 8.44. The highest BCUT2D eigenvalue weighted by molar-refractivity contribution is 5.26. The van der Waals surface area contributed by atoms with Gasteiger partial charge >= 0.3 is 0 Å². The molecular weight excluding hydrogens is 268 g/mol. The molecule has 2 unspecified atom stereocenters. The van der Waals surface area contributed by atoms with Crippen molar-refractivity contribution in [3.63, 3.8) is 0 Å². The number of hydrogen-bond acceptors (Lipinski definition) is 2. The summed E-state index contributed by atoms with van der Waals surface area (Å²) in [7, 11) is 0. The second-order valence-electron chi connectivity index (χ2n) is 5.95. The van der Waals surface area contributed by atoms with Gasteiger partial charge in [0, 0.05) is 19.1 Å². The molecule has 2 heteroatoms. The fraction of sp³-hybridized carbons (Fsp3) is 0.500. The molecule has 1 aromatic rings. The van der Waals surface area contributed by atoms with Crippen LogP contribution in [0.5, 0.6) is 0 Å². The van der Waals surface area contributed by atoms with Crippen LogP contribution in [0.15, 0.2) is 55.6 Å². The van der Waals surface area contributed by atoms with Crippen LogP contribution >= 0.6 is 0 Å². The van der Waals surface area contributed by atoms with Crippen LogP contribution in [0.1, 0.15) is 45.1 Å². The van der Waals surface area contributed by atoms with E-state index in [2.05, 4.69) is 56.2 Å². The Kier molecular flexibility index (Phi) is 8.15. The van der Waals surface area contributed by atoms with E-state index in [1.807, 2.05) is 18.2 Å². The summed E-state index contributed by atoms with van der Waals surface area (Å²) < 4.78 is 0. The first-order chi connectivity index (χ1) is 10.6. The normalized spacial score (nSPS) is 15.3. The fourth-order valence-electron chi connectivity index (χ4n) is 3.20. The molecule has 0 amide bonds. The average Bonchev–Trinajstić information content (AvgIpc) is 2.56. The zero-order valence-electron chi connectivity index (χ0n) is 14.3. The van der Waals surface area contributed by atoms with Gasteiger partial charge in [0.2, 0.25) is 0 Å². The molecule has 0 radical (unpaired) electrons. The Balaban J connectivity index is 3.19. The standard InChI is InChI=1S/C20H32N2/c1-5-9-15-19(22(16-6-2)17-7-3)20(21,8-4)18-13-11-10-12-14-18/h6-7,10-14,19H,2-3,5,8-9,15-17,21H2,1,4H3. The predicted octanol–water partition coefficient (Wildman–Crippen LogP) is 4.48. The molecule has 1 aromatic carbocycles. The van der Waals surface area contributed by atoms with E-state index in [0.717, 1.165) is 25.9 Å². The summed E-state index contributed by atoms with van der Waals surface area (Å²) in [4.78, 5) is 2.41. The van der Waals surface area contributed by atoms with E-state index in [9.17, 15) is 0 Å². The Morgan fingerprint density at radius 3 is 2.18 bits per heavy atom. The predicted molar refractivity (Wildman–Crippen MR) is 97.9 cm³/mol. The largest absolute Gasteiger partial charge is 0.320 e. The van der Waals surface area contributed by atoms with Gasteiger partial charge < -0.3 is 5.73 Å². The molecule has 2 atom stereocenters. The molecule has 0 aliphatic carbocycles. The number of rotatable bonds is 11. The van der Waals surface area contributed by atoms with Crippen molar-refractivity contribution in [1.82, 2.24) is 4.90 Å². The summed E-state index contributed by atoms with van der Waals surface area (Å²) in [6.07, 6.45) is 8.29. The molecule has 22 heavy (non-hydrogen) atoms. The number of unbranched alkanes of at least 4 members (excludes halogenated alkanes) is 1. The summed E-state index contributed by atoms with van der Waals surface area (Å²) in [5.74, 6) is 0. The topological polar surface area (TPSA) is 29.3 Å². The Morgan fingerprint density at radius 2 is 1.73 bits per heavy atom. The van der Waals surface area contributed by atoms with Gasteiger partial charge in [-0.1, -0.05) is 69.2 Å². The maximum Gasteiger partial charge on any atom is 0.0564 e. The fourth-order valence-corrected chi connectivity index (χ4v) is 3.20. The zero-order valence-corrected chi connectivity index (χ0v) is 14.3. The molecule has 2 nitrogen and oxygen atoms in total. The summed E-state index contributed by atoms with van der Waals surface area (Å²) in [5.41, 5.74) is 7.83. The molecule has 0 bridgehead atoms. The van der Waals surface area contributed by atoms with E-state index in [0.29, 0.717) is 0 Å². The van der Waals surface area contributed by atoms with Gasteiger partial charge in [-0.25, -0.2) is 0 Å². The SMILES string of the molecule is C=CCN(CC=C)C(CCCC)C(N)(CC)c1ccccc1. The second-order valence-corrected chi connectivity index (χ2v) is 5.95. The maximum absolute atomic E-state index is 6.95. The molecular formula is C20H32N2. The van der Waals surface area contributed by atoms with Crippen LogP contribution in [0, 0.1) is 0 Å². The van der Waals surface area contributed by atoms with Crippen LogP contribution in [0.3, 0.4) is 0 Å². The molecule has 0 fully saturated rings. The molecule has 2 N–H and O–H groups in total. The van der Waals surface area contributed by atoms with Gasteiger partial charge in [-0.2, -0.15) is 0 Å². The Labute approximate surface area is 136 Å². The lowest BCUT2D eigenvalue weighted by Crippen LogP contribution is -2.56. The zero-order chi connectivity index (χ0) is 16.4. The maximum atomic E-state index is 6.95. The van der Waals surface area contributed by atoms with E-state index in [4.69, 9.17) is 5.73 Å². The highest BCUT2D eigenvalue weighted by Crippen LogP contribution is 2.32. The van der Waals surface area contributed by atoms with Crippen molar-refractivity contribution in [2.75, 3.05) is 13.1 Å². The minimum atomic E-state index is -0.345. The van der Waals surface area contributed by atoms with E-state index in [1.165, 1.54) is 18.4 Å². The highest BCUT2D eigenvalue weighted by Gasteiger charge is 2.37. The van der Waals surface area contributed by atoms with Crippen molar-refractivity contribution in [3.05, 3.63) is 61.2 Å². The van der Waals surface area contributed by atoms with Crippen molar-refractivity contribution >= 4 is 0 Å². The second kappa shape index (κ2) is 9.60. The van der Waals surface area contributed by atoms with Gasteiger partial charge in [-0.3, -0.25) is 4.90 Å². The van der Waals surface area contributed by atoms with E-state index < -0.39 is 0 Å². The van der Waals surface area contributed by atoms with Crippen molar-refractivity contribution in [2.24, 2.45) is 5.73 Å². The lowest BCUT2D eigenvalue weighted by Gasteiger charge is -2.44. The van der Waals surface area contributed by atoms with E-state index in [-0.39, 0.29) is 11.6 Å². The lowest BCUT2D eigenvalue weighted by atomic mass is 9.78. The average molecular weight is 300 g/mol. The summed E-state index contributed by atoms with van der Waals surface area (Å²) in [6.45, 7) is 13.9. The highest BCUT2D eigenvalue weighted by atomic mass is 15.2. The quantitative estimate of drug-likeness (QED) is 0.610.